The molecule has 1 aromatic heterocycles. The molecular weight excluding hydrogens is 290 g/mol. The second-order valence-electron chi connectivity index (χ2n) is 6.93. The lowest BCUT2D eigenvalue weighted by atomic mass is 9.69. The van der Waals surface area contributed by atoms with Crippen molar-refractivity contribution in [2.45, 2.75) is 24.8 Å². The molecule has 23 heavy (non-hydrogen) atoms. The van der Waals surface area contributed by atoms with Crippen LogP contribution in [-0.4, -0.2) is 54.9 Å². The Balaban J connectivity index is 1.81. The zero-order valence-electron chi connectivity index (χ0n) is 13.9. The molecule has 1 atom stereocenters. The molecule has 0 amide bonds. The maximum atomic E-state index is 9.74. The first-order chi connectivity index (χ1) is 11.2. The van der Waals surface area contributed by atoms with Gasteiger partial charge in [0.05, 0.1) is 19.8 Å². The standard InChI is InChI=1S/C18H25N3O2/c1-3-6-21-10-18(11-21)9-19-15(8-22)17-16(18)13-5-4-12(23-2)7-14(13)20-17/h4-5,7,15,19-20,22H,3,6,8-11H2,1-2H3/t15-/m1/s1. The highest BCUT2D eigenvalue weighted by Crippen LogP contribution is 2.45. The van der Waals surface area contributed by atoms with Crippen molar-refractivity contribution in [2.24, 2.45) is 0 Å². The highest BCUT2D eigenvalue weighted by atomic mass is 16.5. The lowest BCUT2D eigenvalue weighted by molar-refractivity contribution is 0.0518. The Morgan fingerprint density at radius 1 is 1.39 bits per heavy atom. The average Bonchev–Trinajstić information content (AvgIpc) is 2.92. The van der Waals surface area contributed by atoms with Gasteiger partial charge < -0.3 is 25.0 Å². The van der Waals surface area contributed by atoms with Gasteiger partial charge in [0.25, 0.3) is 0 Å². The van der Waals surface area contributed by atoms with E-state index in [1.54, 1.807) is 7.11 Å². The lowest BCUT2D eigenvalue weighted by Gasteiger charge is -2.53. The van der Waals surface area contributed by atoms with E-state index in [0.29, 0.717) is 0 Å². The molecule has 4 rings (SSSR count). The van der Waals surface area contributed by atoms with E-state index in [0.717, 1.165) is 43.1 Å². The third kappa shape index (κ3) is 2.18. The van der Waals surface area contributed by atoms with Crippen molar-refractivity contribution in [1.82, 2.24) is 15.2 Å². The second-order valence-corrected chi connectivity index (χ2v) is 6.93. The Bertz CT molecular complexity index is 718. The molecule has 0 bridgehead atoms. The fourth-order valence-corrected chi connectivity index (χ4v) is 4.38. The number of H-pyrrole nitrogens is 1. The van der Waals surface area contributed by atoms with Gasteiger partial charge in [-0.15, -0.1) is 0 Å². The number of benzene rings is 1. The van der Waals surface area contributed by atoms with Crippen LogP contribution in [-0.2, 0) is 5.41 Å². The number of rotatable bonds is 4. The minimum absolute atomic E-state index is 0.00533. The zero-order chi connectivity index (χ0) is 16.0. The summed E-state index contributed by atoms with van der Waals surface area (Å²) in [6.45, 7) is 6.64. The number of aromatic nitrogens is 1. The van der Waals surface area contributed by atoms with Crippen molar-refractivity contribution in [3.05, 3.63) is 29.5 Å². The van der Waals surface area contributed by atoms with Crippen molar-refractivity contribution < 1.29 is 9.84 Å². The van der Waals surface area contributed by atoms with E-state index in [4.69, 9.17) is 4.74 Å². The van der Waals surface area contributed by atoms with Gasteiger partial charge in [-0.05, 0) is 30.7 Å². The molecule has 3 heterocycles. The third-order valence-electron chi connectivity index (χ3n) is 5.38. The number of nitrogens with zero attached hydrogens (tertiary/aromatic N) is 1. The quantitative estimate of drug-likeness (QED) is 0.805. The molecule has 1 aromatic carbocycles. The number of hydrogen-bond donors (Lipinski definition) is 3. The molecule has 1 saturated heterocycles. The van der Waals surface area contributed by atoms with Gasteiger partial charge in [-0.1, -0.05) is 6.92 Å². The molecule has 1 spiro atoms. The van der Waals surface area contributed by atoms with Crippen molar-refractivity contribution in [2.75, 3.05) is 39.9 Å². The maximum Gasteiger partial charge on any atom is 0.120 e. The molecule has 124 valence electrons. The highest BCUT2D eigenvalue weighted by Gasteiger charge is 2.49. The van der Waals surface area contributed by atoms with Crippen molar-refractivity contribution >= 4 is 10.9 Å². The van der Waals surface area contributed by atoms with Gasteiger partial charge in [0.15, 0.2) is 0 Å². The molecule has 0 radical (unpaired) electrons. The number of aliphatic hydroxyl groups excluding tert-OH is 1. The fourth-order valence-electron chi connectivity index (χ4n) is 4.38. The summed E-state index contributed by atoms with van der Waals surface area (Å²) in [5.74, 6) is 0.861. The normalized spacial score (nSPS) is 23.0. The number of aromatic amines is 1. The first-order valence-electron chi connectivity index (χ1n) is 8.47. The largest absolute Gasteiger partial charge is 0.497 e. The molecule has 2 aromatic rings. The topological polar surface area (TPSA) is 60.5 Å². The lowest BCUT2D eigenvalue weighted by Crippen LogP contribution is -2.65. The van der Waals surface area contributed by atoms with Crippen LogP contribution in [0, 0.1) is 0 Å². The number of aliphatic hydroxyl groups is 1. The van der Waals surface area contributed by atoms with Crippen LogP contribution in [0.15, 0.2) is 18.2 Å². The zero-order valence-corrected chi connectivity index (χ0v) is 13.9. The van der Waals surface area contributed by atoms with E-state index in [9.17, 15) is 5.11 Å². The van der Waals surface area contributed by atoms with Gasteiger partial charge in [-0.3, -0.25) is 0 Å². The molecule has 5 heteroatoms. The van der Waals surface area contributed by atoms with Crippen LogP contribution in [0.4, 0.5) is 0 Å². The number of ether oxygens (including phenoxy) is 1. The number of methoxy groups -OCH3 is 1. The summed E-state index contributed by atoms with van der Waals surface area (Å²) in [4.78, 5) is 6.06. The summed E-state index contributed by atoms with van der Waals surface area (Å²) in [6, 6.07) is 6.24. The number of fused-ring (bicyclic) bond motifs is 4. The van der Waals surface area contributed by atoms with Gasteiger partial charge >= 0.3 is 0 Å². The van der Waals surface area contributed by atoms with Gasteiger partial charge in [-0.2, -0.15) is 0 Å². The van der Waals surface area contributed by atoms with E-state index in [2.05, 4.69) is 34.3 Å². The molecule has 2 aliphatic rings. The van der Waals surface area contributed by atoms with E-state index < -0.39 is 0 Å². The SMILES string of the molecule is CCCN1CC2(CN[C@H](CO)c3[nH]c4cc(OC)ccc4c32)C1. The minimum atomic E-state index is -0.00533. The van der Waals surface area contributed by atoms with Crippen LogP contribution in [0.1, 0.15) is 30.6 Å². The molecule has 2 aliphatic heterocycles. The first kappa shape index (κ1) is 15.0. The second kappa shape index (κ2) is 5.51. The monoisotopic (exact) mass is 315 g/mol. The Hall–Kier alpha value is -1.56. The smallest absolute Gasteiger partial charge is 0.120 e. The van der Waals surface area contributed by atoms with Crippen molar-refractivity contribution in [3.8, 4) is 5.75 Å². The minimum Gasteiger partial charge on any atom is -0.497 e. The molecule has 0 saturated carbocycles. The third-order valence-corrected chi connectivity index (χ3v) is 5.38. The molecule has 5 nitrogen and oxygen atoms in total. The van der Waals surface area contributed by atoms with Crippen LogP contribution in [0.5, 0.6) is 5.75 Å². The maximum absolute atomic E-state index is 9.74. The summed E-state index contributed by atoms with van der Waals surface area (Å²) in [6.07, 6.45) is 1.20. The average molecular weight is 315 g/mol. The number of likely N-dealkylation sites (tertiary alicyclic amines) is 1. The van der Waals surface area contributed by atoms with Crippen LogP contribution < -0.4 is 10.1 Å². The van der Waals surface area contributed by atoms with E-state index in [-0.39, 0.29) is 18.1 Å². The Morgan fingerprint density at radius 3 is 2.91 bits per heavy atom. The van der Waals surface area contributed by atoms with Crippen LogP contribution in [0.2, 0.25) is 0 Å². The van der Waals surface area contributed by atoms with Crippen LogP contribution >= 0.6 is 0 Å². The summed E-state index contributed by atoms with van der Waals surface area (Å²) in [7, 11) is 1.69. The van der Waals surface area contributed by atoms with Crippen molar-refractivity contribution in [3.63, 3.8) is 0 Å². The van der Waals surface area contributed by atoms with Crippen LogP contribution in [0.3, 0.4) is 0 Å². The van der Waals surface area contributed by atoms with Crippen molar-refractivity contribution in [1.29, 1.82) is 0 Å². The summed E-state index contributed by atoms with van der Waals surface area (Å²) in [5, 5.41) is 14.5. The predicted molar refractivity (Wildman–Crippen MR) is 91.1 cm³/mol. The number of nitrogens with one attached hydrogen (secondary N) is 2. The summed E-state index contributed by atoms with van der Waals surface area (Å²) in [5.41, 5.74) is 3.83. The van der Waals surface area contributed by atoms with E-state index in [1.807, 2.05) is 6.07 Å². The molecule has 3 N–H and O–H groups in total. The Kier molecular flexibility index (Phi) is 3.59. The van der Waals surface area contributed by atoms with E-state index >= 15 is 0 Å². The highest BCUT2D eigenvalue weighted by molar-refractivity contribution is 5.88. The Labute approximate surface area is 136 Å². The molecular formula is C18H25N3O2. The van der Waals surface area contributed by atoms with E-state index in [1.165, 1.54) is 17.4 Å². The number of hydrogen-bond acceptors (Lipinski definition) is 4. The summed E-state index contributed by atoms with van der Waals surface area (Å²) >= 11 is 0. The van der Waals surface area contributed by atoms with Crippen LogP contribution in [0.25, 0.3) is 10.9 Å². The molecule has 1 fully saturated rings. The predicted octanol–water partition coefficient (Wildman–Crippen LogP) is 1.78. The molecule has 0 aliphatic carbocycles. The fraction of sp³-hybridized carbons (Fsp3) is 0.556. The first-order valence-corrected chi connectivity index (χ1v) is 8.47. The Morgan fingerprint density at radius 2 is 2.22 bits per heavy atom. The summed E-state index contributed by atoms with van der Waals surface area (Å²) < 4.78 is 5.36. The van der Waals surface area contributed by atoms with Gasteiger partial charge in [0, 0.05) is 47.7 Å². The van der Waals surface area contributed by atoms with Gasteiger partial charge in [0.1, 0.15) is 5.75 Å². The van der Waals surface area contributed by atoms with Gasteiger partial charge in [0.2, 0.25) is 0 Å². The van der Waals surface area contributed by atoms with Gasteiger partial charge in [-0.25, -0.2) is 0 Å². The molecule has 0 unspecified atom stereocenters.